The molecule has 1 saturated heterocycles. The SMILES string of the molecule is CC(C)(C)OC(=O)N1CCN(c2cccc3c2CC(C)(C)N(C(=O)OCc2ccccc2)C3)CC1. The summed E-state index contributed by atoms with van der Waals surface area (Å²) in [6.45, 7) is 13.4. The van der Waals surface area contributed by atoms with Crippen molar-refractivity contribution in [3.8, 4) is 0 Å². The van der Waals surface area contributed by atoms with Crippen LogP contribution in [0.25, 0.3) is 0 Å². The van der Waals surface area contributed by atoms with E-state index in [1.807, 2.05) is 56.0 Å². The highest BCUT2D eigenvalue weighted by molar-refractivity contribution is 5.71. The van der Waals surface area contributed by atoms with Gasteiger partial charge in [-0.1, -0.05) is 42.5 Å². The largest absolute Gasteiger partial charge is 0.445 e. The zero-order chi connectivity index (χ0) is 25.2. The molecule has 7 heteroatoms. The Kier molecular flexibility index (Phi) is 6.97. The third-order valence-corrected chi connectivity index (χ3v) is 6.61. The minimum Gasteiger partial charge on any atom is -0.445 e. The predicted octanol–water partition coefficient (Wildman–Crippen LogP) is 5.22. The van der Waals surface area contributed by atoms with E-state index in [2.05, 4.69) is 36.9 Å². The van der Waals surface area contributed by atoms with Gasteiger partial charge in [0.15, 0.2) is 0 Å². The molecular formula is C28H37N3O4. The minimum absolute atomic E-state index is 0.252. The summed E-state index contributed by atoms with van der Waals surface area (Å²) in [5.74, 6) is 0. The van der Waals surface area contributed by atoms with Crippen LogP contribution in [0.1, 0.15) is 51.3 Å². The predicted molar refractivity (Wildman–Crippen MR) is 136 cm³/mol. The second-order valence-corrected chi connectivity index (χ2v) is 11.0. The molecule has 0 atom stereocenters. The molecule has 2 heterocycles. The number of carbonyl (C=O) groups is 2. The Hall–Kier alpha value is -3.22. The lowest BCUT2D eigenvalue weighted by atomic mass is 9.84. The van der Waals surface area contributed by atoms with Crippen LogP contribution in [0.2, 0.25) is 0 Å². The highest BCUT2D eigenvalue weighted by Gasteiger charge is 2.39. The third kappa shape index (κ3) is 5.89. The van der Waals surface area contributed by atoms with Crippen LogP contribution in [0.3, 0.4) is 0 Å². The third-order valence-electron chi connectivity index (χ3n) is 6.61. The molecule has 7 nitrogen and oxygen atoms in total. The topological polar surface area (TPSA) is 62.3 Å². The van der Waals surface area contributed by atoms with E-state index in [1.54, 1.807) is 4.90 Å². The lowest BCUT2D eigenvalue weighted by Crippen LogP contribution is -2.53. The number of anilines is 1. The molecule has 0 aliphatic carbocycles. The molecule has 4 rings (SSSR count). The summed E-state index contributed by atoms with van der Waals surface area (Å²) in [6.07, 6.45) is 0.199. The summed E-state index contributed by atoms with van der Waals surface area (Å²) in [5, 5.41) is 0. The van der Waals surface area contributed by atoms with Gasteiger partial charge in [-0.15, -0.1) is 0 Å². The highest BCUT2D eigenvalue weighted by Crippen LogP contribution is 2.37. The lowest BCUT2D eigenvalue weighted by molar-refractivity contribution is 0.0240. The molecule has 2 amide bonds. The first-order valence-electron chi connectivity index (χ1n) is 12.4. The molecule has 2 aromatic rings. The smallest absolute Gasteiger partial charge is 0.410 e. The summed E-state index contributed by atoms with van der Waals surface area (Å²) in [7, 11) is 0. The molecular weight excluding hydrogens is 442 g/mol. The normalized spacial score (nSPS) is 17.6. The van der Waals surface area contributed by atoms with E-state index in [0.717, 1.165) is 30.6 Å². The van der Waals surface area contributed by atoms with Crippen molar-refractivity contribution in [3.05, 3.63) is 65.2 Å². The number of rotatable bonds is 3. The maximum Gasteiger partial charge on any atom is 0.410 e. The molecule has 0 unspecified atom stereocenters. The summed E-state index contributed by atoms with van der Waals surface area (Å²) in [4.78, 5) is 31.4. The van der Waals surface area contributed by atoms with Gasteiger partial charge in [-0.3, -0.25) is 4.90 Å². The molecule has 0 N–H and O–H groups in total. The monoisotopic (exact) mass is 479 g/mol. The maximum absolute atomic E-state index is 13.0. The average Bonchev–Trinajstić information content (AvgIpc) is 2.81. The standard InChI is InChI=1S/C28H37N3O4/c1-27(2,3)35-25(32)30-16-14-29(15-17-30)24-13-9-12-22-19-31(28(4,5)18-23(22)24)26(33)34-20-21-10-7-6-8-11-21/h6-13H,14-20H2,1-5H3. The van der Waals surface area contributed by atoms with Crippen molar-refractivity contribution in [1.29, 1.82) is 0 Å². The molecule has 0 radical (unpaired) electrons. The van der Waals surface area contributed by atoms with E-state index in [-0.39, 0.29) is 24.3 Å². The second-order valence-electron chi connectivity index (χ2n) is 11.0. The summed E-state index contributed by atoms with van der Waals surface area (Å²) < 4.78 is 11.2. The number of benzene rings is 2. The molecule has 2 aliphatic heterocycles. The van der Waals surface area contributed by atoms with Crippen molar-refractivity contribution in [2.75, 3.05) is 31.1 Å². The van der Waals surface area contributed by atoms with Gasteiger partial charge in [-0.05, 0) is 63.8 Å². The molecule has 0 saturated carbocycles. The minimum atomic E-state index is -0.494. The van der Waals surface area contributed by atoms with Gasteiger partial charge in [0.1, 0.15) is 12.2 Å². The Morgan fingerprint density at radius 1 is 0.914 bits per heavy atom. The highest BCUT2D eigenvalue weighted by atomic mass is 16.6. The van der Waals surface area contributed by atoms with Crippen molar-refractivity contribution in [3.63, 3.8) is 0 Å². The first kappa shape index (κ1) is 24.9. The molecule has 188 valence electrons. The Morgan fingerprint density at radius 3 is 2.26 bits per heavy atom. The van der Waals surface area contributed by atoms with Crippen molar-refractivity contribution < 1.29 is 19.1 Å². The summed E-state index contributed by atoms with van der Waals surface area (Å²) >= 11 is 0. The molecule has 0 spiro atoms. The molecule has 2 aromatic carbocycles. The van der Waals surface area contributed by atoms with Gasteiger partial charge in [0.2, 0.25) is 0 Å². The van der Waals surface area contributed by atoms with Gasteiger partial charge in [-0.2, -0.15) is 0 Å². The summed E-state index contributed by atoms with van der Waals surface area (Å²) in [6, 6.07) is 16.1. The lowest BCUT2D eigenvalue weighted by Gasteiger charge is -2.44. The van der Waals surface area contributed by atoms with E-state index in [1.165, 1.54) is 11.3 Å². The van der Waals surface area contributed by atoms with Gasteiger partial charge in [0.25, 0.3) is 0 Å². The van der Waals surface area contributed by atoms with E-state index in [0.29, 0.717) is 19.6 Å². The molecule has 1 fully saturated rings. The zero-order valence-electron chi connectivity index (χ0n) is 21.5. The van der Waals surface area contributed by atoms with Crippen LogP contribution in [0, 0.1) is 0 Å². The molecule has 0 aromatic heterocycles. The quantitative estimate of drug-likeness (QED) is 0.604. The number of ether oxygens (including phenoxy) is 2. The Bertz CT molecular complexity index is 1050. The van der Waals surface area contributed by atoms with E-state index < -0.39 is 5.60 Å². The molecule has 35 heavy (non-hydrogen) atoms. The van der Waals surface area contributed by atoms with Crippen molar-refractivity contribution in [2.45, 2.75) is 65.3 Å². The molecule has 0 bridgehead atoms. The number of hydrogen-bond donors (Lipinski definition) is 0. The molecule has 2 aliphatic rings. The fourth-order valence-corrected chi connectivity index (χ4v) is 4.75. The van der Waals surface area contributed by atoms with Crippen LogP contribution >= 0.6 is 0 Å². The number of nitrogens with zero attached hydrogens (tertiary/aromatic N) is 3. The number of carbonyl (C=O) groups excluding carboxylic acids is 2. The Balaban J connectivity index is 1.44. The van der Waals surface area contributed by atoms with Crippen molar-refractivity contribution in [2.24, 2.45) is 0 Å². The Labute approximate surface area is 208 Å². The van der Waals surface area contributed by atoms with E-state index in [9.17, 15) is 9.59 Å². The average molecular weight is 480 g/mol. The van der Waals surface area contributed by atoms with Crippen LogP contribution in [0.4, 0.5) is 15.3 Å². The van der Waals surface area contributed by atoms with Gasteiger partial charge in [0.05, 0.1) is 0 Å². The number of fused-ring (bicyclic) bond motifs is 1. The van der Waals surface area contributed by atoms with Gasteiger partial charge >= 0.3 is 12.2 Å². The van der Waals surface area contributed by atoms with Crippen molar-refractivity contribution in [1.82, 2.24) is 9.80 Å². The maximum atomic E-state index is 13.0. The number of amides is 2. The van der Waals surface area contributed by atoms with Crippen LogP contribution in [0.5, 0.6) is 0 Å². The first-order chi connectivity index (χ1) is 16.5. The van der Waals surface area contributed by atoms with Gasteiger partial charge < -0.3 is 19.3 Å². The van der Waals surface area contributed by atoms with Crippen LogP contribution in [-0.2, 0) is 29.0 Å². The number of hydrogen-bond acceptors (Lipinski definition) is 5. The zero-order valence-corrected chi connectivity index (χ0v) is 21.5. The first-order valence-corrected chi connectivity index (χ1v) is 12.4. The fraction of sp³-hybridized carbons (Fsp3) is 0.500. The van der Waals surface area contributed by atoms with E-state index >= 15 is 0 Å². The van der Waals surface area contributed by atoms with Crippen LogP contribution in [-0.4, -0.2) is 59.3 Å². The number of piperazine rings is 1. The van der Waals surface area contributed by atoms with Gasteiger partial charge in [-0.25, -0.2) is 9.59 Å². The van der Waals surface area contributed by atoms with Crippen LogP contribution < -0.4 is 4.90 Å². The van der Waals surface area contributed by atoms with Gasteiger partial charge in [0, 0.05) is 44.0 Å². The second kappa shape index (κ2) is 9.80. The van der Waals surface area contributed by atoms with Crippen molar-refractivity contribution >= 4 is 17.9 Å². The fourth-order valence-electron chi connectivity index (χ4n) is 4.75. The Morgan fingerprint density at radius 2 is 1.60 bits per heavy atom. The van der Waals surface area contributed by atoms with E-state index in [4.69, 9.17) is 9.47 Å². The van der Waals surface area contributed by atoms with Crippen LogP contribution in [0.15, 0.2) is 48.5 Å². The summed E-state index contributed by atoms with van der Waals surface area (Å²) in [5.41, 5.74) is 3.71.